The number of nitro benzene ring substituents is 1. The number of carbonyl (C=O) groups is 1. The van der Waals surface area contributed by atoms with Crippen molar-refractivity contribution >= 4 is 11.6 Å². The fourth-order valence-electron chi connectivity index (χ4n) is 3.42. The van der Waals surface area contributed by atoms with E-state index in [2.05, 4.69) is 16.3 Å². The highest BCUT2D eigenvalue weighted by atomic mass is 16.6. The van der Waals surface area contributed by atoms with Crippen LogP contribution in [0, 0.1) is 10.1 Å². The topological polar surface area (TPSA) is 84.7 Å². The summed E-state index contributed by atoms with van der Waals surface area (Å²) in [5.74, 6) is -0.179. The number of likely N-dealkylation sites (tertiary alicyclic amines) is 1. The summed E-state index contributed by atoms with van der Waals surface area (Å²) in [4.78, 5) is 25.7. The first-order valence-electron chi connectivity index (χ1n) is 9.57. The number of ether oxygens (including phenoxy) is 1. The molecule has 1 aliphatic rings. The molecule has 2 aromatic carbocycles. The Morgan fingerprint density at radius 3 is 2.57 bits per heavy atom. The van der Waals surface area contributed by atoms with Crippen LogP contribution in [0.2, 0.25) is 0 Å². The standard InChI is InChI=1S/C21H25N3O4/c1-2-28-20-10-9-16(13-19(20)24(26)27)21(25)22-14-17-7-3-4-8-18(17)15-23-11-5-6-12-23/h3-4,7-10,13H,2,5-6,11-12,14-15H2,1H3,(H,22,25). The summed E-state index contributed by atoms with van der Waals surface area (Å²) in [6.45, 7) is 5.54. The number of rotatable bonds is 8. The molecule has 1 heterocycles. The van der Waals surface area contributed by atoms with E-state index in [0.29, 0.717) is 13.2 Å². The lowest BCUT2D eigenvalue weighted by molar-refractivity contribution is -0.385. The van der Waals surface area contributed by atoms with Gasteiger partial charge in [0.05, 0.1) is 11.5 Å². The molecule has 7 nitrogen and oxygen atoms in total. The largest absolute Gasteiger partial charge is 0.487 e. The summed E-state index contributed by atoms with van der Waals surface area (Å²) in [6, 6.07) is 12.3. The van der Waals surface area contributed by atoms with Crippen molar-refractivity contribution in [1.29, 1.82) is 0 Å². The molecule has 1 saturated heterocycles. The minimum absolute atomic E-state index is 0.167. The SMILES string of the molecule is CCOc1ccc(C(=O)NCc2ccccc2CN2CCCC2)cc1[N+](=O)[O-]. The van der Waals surface area contributed by atoms with Crippen LogP contribution in [0.15, 0.2) is 42.5 Å². The van der Waals surface area contributed by atoms with Gasteiger partial charge in [-0.05, 0) is 56.1 Å². The van der Waals surface area contributed by atoms with Crippen molar-refractivity contribution in [3.05, 3.63) is 69.3 Å². The fraction of sp³-hybridized carbons (Fsp3) is 0.381. The predicted octanol–water partition coefficient (Wildman–Crippen LogP) is 3.52. The number of nitro groups is 1. The Morgan fingerprint density at radius 1 is 1.18 bits per heavy atom. The van der Waals surface area contributed by atoms with Gasteiger partial charge in [0.25, 0.3) is 5.91 Å². The first-order chi connectivity index (χ1) is 13.6. The number of carbonyl (C=O) groups excluding carboxylic acids is 1. The average molecular weight is 383 g/mol. The van der Waals surface area contributed by atoms with Crippen molar-refractivity contribution in [2.24, 2.45) is 0 Å². The number of amides is 1. The normalized spacial score (nSPS) is 14.0. The number of benzene rings is 2. The minimum atomic E-state index is -0.535. The summed E-state index contributed by atoms with van der Waals surface area (Å²) >= 11 is 0. The van der Waals surface area contributed by atoms with Gasteiger partial charge in [0.2, 0.25) is 0 Å². The summed E-state index contributed by atoms with van der Waals surface area (Å²) in [5, 5.41) is 14.1. The second-order valence-corrected chi connectivity index (χ2v) is 6.81. The maximum Gasteiger partial charge on any atom is 0.311 e. The molecule has 0 unspecified atom stereocenters. The maximum atomic E-state index is 12.5. The zero-order chi connectivity index (χ0) is 19.9. The molecule has 1 fully saturated rings. The first kappa shape index (κ1) is 19.8. The van der Waals surface area contributed by atoms with Gasteiger partial charge in [-0.1, -0.05) is 24.3 Å². The van der Waals surface area contributed by atoms with E-state index in [4.69, 9.17) is 4.74 Å². The van der Waals surface area contributed by atoms with Gasteiger partial charge >= 0.3 is 5.69 Å². The second kappa shape index (κ2) is 9.32. The van der Waals surface area contributed by atoms with E-state index in [1.54, 1.807) is 13.0 Å². The van der Waals surface area contributed by atoms with E-state index < -0.39 is 4.92 Å². The smallest absolute Gasteiger partial charge is 0.311 e. The molecule has 148 valence electrons. The van der Waals surface area contributed by atoms with Gasteiger partial charge in [0, 0.05) is 24.7 Å². The lowest BCUT2D eigenvalue weighted by Gasteiger charge is -2.17. The van der Waals surface area contributed by atoms with Crippen molar-refractivity contribution in [3.8, 4) is 5.75 Å². The summed E-state index contributed by atoms with van der Waals surface area (Å²) in [7, 11) is 0. The van der Waals surface area contributed by atoms with Gasteiger partial charge in [-0.15, -0.1) is 0 Å². The molecule has 0 aliphatic carbocycles. The Balaban J connectivity index is 1.69. The van der Waals surface area contributed by atoms with E-state index in [1.807, 2.05) is 18.2 Å². The van der Waals surface area contributed by atoms with E-state index in [-0.39, 0.29) is 22.9 Å². The van der Waals surface area contributed by atoms with Crippen molar-refractivity contribution in [3.63, 3.8) is 0 Å². The third-order valence-electron chi connectivity index (χ3n) is 4.87. The highest BCUT2D eigenvalue weighted by molar-refractivity contribution is 5.95. The lowest BCUT2D eigenvalue weighted by Crippen LogP contribution is -2.25. The molecule has 0 radical (unpaired) electrons. The van der Waals surface area contributed by atoms with E-state index in [1.165, 1.54) is 30.5 Å². The monoisotopic (exact) mass is 383 g/mol. The third-order valence-corrected chi connectivity index (χ3v) is 4.87. The number of nitrogens with one attached hydrogen (secondary N) is 1. The number of hydrogen-bond donors (Lipinski definition) is 1. The molecule has 1 N–H and O–H groups in total. The molecule has 0 atom stereocenters. The highest BCUT2D eigenvalue weighted by Crippen LogP contribution is 2.28. The summed E-state index contributed by atoms with van der Waals surface area (Å²) < 4.78 is 5.26. The Kier molecular flexibility index (Phi) is 6.60. The van der Waals surface area contributed by atoms with Crippen LogP contribution in [0.4, 0.5) is 5.69 Å². The molecule has 1 amide bonds. The van der Waals surface area contributed by atoms with Crippen LogP contribution in [-0.2, 0) is 13.1 Å². The third kappa shape index (κ3) is 4.86. The Hall–Kier alpha value is -2.93. The van der Waals surface area contributed by atoms with E-state index in [0.717, 1.165) is 25.2 Å². The molecule has 3 rings (SSSR count). The van der Waals surface area contributed by atoms with Crippen LogP contribution < -0.4 is 10.1 Å². The van der Waals surface area contributed by atoms with Gasteiger partial charge < -0.3 is 10.1 Å². The fourth-order valence-corrected chi connectivity index (χ4v) is 3.42. The van der Waals surface area contributed by atoms with Crippen molar-refractivity contribution < 1.29 is 14.5 Å². The molecule has 1 aliphatic heterocycles. The molecule has 0 spiro atoms. The first-order valence-corrected chi connectivity index (χ1v) is 9.57. The molecule has 0 bridgehead atoms. The van der Waals surface area contributed by atoms with Gasteiger partial charge in [0.1, 0.15) is 0 Å². The summed E-state index contributed by atoms with van der Waals surface area (Å²) in [5.41, 5.74) is 2.29. The minimum Gasteiger partial charge on any atom is -0.487 e. The Morgan fingerprint density at radius 2 is 1.89 bits per heavy atom. The van der Waals surface area contributed by atoms with Crippen molar-refractivity contribution in [2.45, 2.75) is 32.9 Å². The highest BCUT2D eigenvalue weighted by Gasteiger charge is 2.19. The molecule has 0 saturated carbocycles. The maximum absolute atomic E-state index is 12.5. The zero-order valence-electron chi connectivity index (χ0n) is 16.0. The van der Waals surface area contributed by atoms with Crippen molar-refractivity contribution in [1.82, 2.24) is 10.2 Å². The summed E-state index contributed by atoms with van der Waals surface area (Å²) in [6.07, 6.45) is 2.46. The van der Waals surface area contributed by atoms with Crippen molar-refractivity contribution in [2.75, 3.05) is 19.7 Å². The number of hydrogen-bond acceptors (Lipinski definition) is 5. The van der Waals surface area contributed by atoms with Crippen LogP contribution in [0.1, 0.15) is 41.3 Å². The molecule has 2 aromatic rings. The average Bonchev–Trinajstić information content (AvgIpc) is 3.20. The van der Waals surface area contributed by atoms with Gasteiger partial charge in [0.15, 0.2) is 5.75 Å². The van der Waals surface area contributed by atoms with Gasteiger partial charge in [-0.3, -0.25) is 19.8 Å². The predicted molar refractivity (Wildman–Crippen MR) is 106 cm³/mol. The molecular weight excluding hydrogens is 358 g/mol. The van der Waals surface area contributed by atoms with Crippen LogP contribution in [0.3, 0.4) is 0 Å². The van der Waals surface area contributed by atoms with E-state index >= 15 is 0 Å². The van der Waals surface area contributed by atoms with Crippen LogP contribution >= 0.6 is 0 Å². The molecule has 28 heavy (non-hydrogen) atoms. The molecular formula is C21H25N3O4. The van der Waals surface area contributed by atoms with Crippen LogP contribution in [-0.4, -0.2) is 35.4 Å². The zero-order valence-corrected chi connectivity index (χ0v) is 16.0. The molecule has 0 aromatic heterocycles. The molecule has 7 heteroatoms. The second-order valence-electron chi connectivity index (χ2n) is 6.81. The number of nitrogens with zero attached hydrogens (tertiary/aromatic N) is 2. The van der Waals surface area contributed by atoms with Crippen LogP contribution in [0.5, 0.6) is 5.75 Å². The lowest BCUT2D eigenvalue weighted by atomic mass is 10.1. The quantitative estimate of drug-likeness (QED) is 0.557. The van der Waals surface area contributed by atoms with Gasteiger partial charge in [-0.2, -0.15) is 0 Å². The van der Waals surface area contributed by atoms with Crippen LogP contribution in [0.25, 0.3) is 0 Å². The van der Waals surface area contributed by atoms with Gasteiger partial charge in [-0.25, -0.2) is 0 Å². The Bertz CT molecular complexity index is 847. The Labute approximate surface area is 164 Å². The van der Waals surface area contributed by atoms with E-state index in [9.17, 15) is 14.9 Å².